The van der Waals surface area contributed by atoms with E-state index in [4.69, 9.17) is 0 Å². The van der Waals surface area contributed by atoms with Crippen LogP contribution in [0.1, 0.15) is 25.3 Å². The molecule has 0 spiro atoms. The molecule has 1 aliphatic rings. The summed E-state index contributed by atoms with van der Waals surface area (Å²) in [5.74, 6) is 0.599. The molecule has 0 amide bonds. The molecule has 1 fully saturated rings. The predicted molar refractivity (Wildman–Crippen MR) is 73.5 cm³/mol. The van der Waals surface area contributed by atoms with Gasteiger partial charge >= 0.3 is 0 Å². The van der Waals surface area contributed by atoms with Crippen LogP contribution in [-0.4, -0.2) is 27.3 Å². The molecule has 0 aliphatic carbocycles. The van der Waals surface area contributed by atoms with Crippen molar-refractivity contribution in [2.75, 3.05) is 18.8 Å². The van der Waals surface area contributed by atoms with Gasteiger partial charge in [-0.25, -0.2) is 8.42 Å². The summed E-state index contributed by atoms with van der Waals surface area (Å²) in [6, 6.07) is 7.31. The van der Waals surface area contributed by atoms with Crippen molar-refractivity contribution in [2.45, 2.75) is 31.1 Å². The number of aryl methyl sites for hydroxylation is 1. The third-order valence-corrected chi connectivity index (χ3v) is 5.51. The predicted octanol–water partition coefficient (Wildman–Crippen LogP) is 2.02. The van der Waals surface area contributed by atoms with Crippen molar-refractivity contribution < 1.29 is 8.42 Å². The number of nitrogens with one attached hydrogen (secondary N) is 1. The van der Waals surface area contributed by atoms with Gasteiger partial charge in [0, 0.05) is 0 Å². The lowest BCUT2D eigenvalue weighted by atomic mass is 10.0. The van der Waals surface area contributed by atoms with E-state index in [1.54, 1.807) is 12.1 Å². The molecule has 3 nitrogen and oxygen atoms in total. The summed E-state index contributed by atoms with van der Waals surface area (Å²) in [6.07, 6.45) is 2.87. The highest BCUT2D eigenvalue weighted by atomic mass is 32.2. The van der Waals surface area contributed by atoms with Gasteiger partial charge in [-0.05, 0) is 56.0 Å². The van der Waals surface area contributed by atoms with Crippen molar-refractivity contribution in [3.8, 4) is 0 Å². The van der Waals surface area contributed by atoms with Crippen LogP contribution in [-0.2, 0) is 16.3 Å². The van der Waals surface area contributed by atoms with Crippen LogP contribution < -0.4 is 5.32 Å². The Morgan fingerprint density at radius 1 is 1.17 bits per heavy atom. The Morgan fingerprint density at radius 3 is 2.33 bits per heavy atom. The van der Waals surface area contributed by atoms with E-state index in [0.717, 1.165) is 32.4 Å². The number of hydrogen-bond acceptors (Lipinski definition) is 3. The molecule has 0 aromatic heterocycles. The maximum Gasteiger partial charge on any atom is 0.178 e. The van der Waals surface area contributed by atoms with Crippen LogP contribution in [0.3, 0.4) is 0 Å². The first-order chi connectivity index (χ1) is 8.62. The van der Waals surface area contributed by atoms with Crippen molar-refractivity contribution in [3.63, 3.8) is 0 Å². The summed E-state index contributed by atoms with van der Waals surface area (Å²) in [5, 5.41) is 3.26. The van der Waals surface area contributed by atoms with E-state index in [1.807, 2.05) is 12.1 Å². The molecule has 1 aromatic carbocycles. The fourth-order valence-electron chi connectivity index (χ4n) is 2.39. The van der Waals surface area contributed by atoms with E-state index >= 15 is 0 Å². The van der Waals surface area contributed by atoms with Crippen LogP contribution in [0.5, 0.6) is 0 Å². The van der Waals surface area contributed by atoms with Gasteiger partial charge < -0.3 is 5.32 Å². The van der Waals surface area contributed by atoms with Gasteiger partial charge in [-0.2, -0.15) is 0 Å². The van der Waals surface area contributed by atoms with E-state index in [-0.39, 0.29) is 0 Å². The van der Waals surface area contributed by atoms with Crippen molar-refractivity contribution in [2.24, 2.45) is 5.92 Å². The summed E-state index contributed by atoms with van der Waals surface area (Å²) in [7, 11) is -3.11. The smallest absolute Gasteiger partial charge is 0.178 e. The normalized spacial score (nSPS) is 17.8. The fraction of sp³-hybridized carbons (Fsp3) is 0.571. The van der Waals surface area contributed by atoms with Crippen molar-refractivity contribution in [3.05, 3.63) is 29.8 Å². The molecule has 0 bridgehead atoms. The molecular weight excluding hydrogens is 246 g/mol. The monoisotopic (exact) mass is 267 g/mol. The van der Waals surface area contributed by atoms with Crippen LogP contribution in [0, 0.1) is 5.92 Å². The van der Waals surface area contributed by atoms with Crippen LogP contribution >= 0.6 is 0 Å². The van der Waals surface area contributed by atoms with E-state index in [1.165, 1.54) is 5.56 Å². The van der Waals surface area contributed by atoms with Gasteiger partial charge in [0.05, 0.1) is 10.6 Å². The molecule has 18 heavy (non-hydrogen) atoms. The average Bonchev–Trinajstić information content (AvgIpc) is 2.39. The zero-order valence-electron chi connectivity index (χ0n) is 10.9. The minimum atomic E-state index is -3.11. The summed E-state index contributed by atoms with van der Waals surface area (Å²) >= 11 is 0. The number of rotatable bonds is 4. The molecule has 0 atom stereocenters. The first-order valence-corrected chi connectivity index (χ1v) is 8.29. The second-order valence-corrected chi connectivity index (χ2v) is 7.01. The van der Waals surface area contributed by atoms with Crippen molar-refractivity contribution in [1.82, 2.24) is 5.32 Å². The largest absolute Gasteiger partial charge is 0.317 e. The van der Waals surface area contributed by atoms with Crippen molar-refractivity contribution >= 4 is 9.84 Å². The van der Waals surface area contributed by atoms with Gasteiger partial charge in [0.15, 0.2) is 9.84 Å². The van der Waals surface area contributed by atoms with Gasteiger partial charge in [-0.15, -0.1) is 0 Å². The van der Waals surface area contributed by atoms with Gasteiger partial charge in [-0.3, -0.25) is 0 Å². The third kappa shape index (κ3) is 3.33. The van der Waals surface area contributed by atoms with Crippen LogP contribution in [0.25, 0.3) is 0 Å². The molecular formula is C14H21NO2S. The van der Waals surface area contributed by atoms with Gasteiger partial charge in [0.25, 0.3) is 0 Å². The Morgan fingerprint density at radius 2 is 1.78 bits per heavy atom. The summed E-state index contributed by atoms with van der Waals surface area (Å²) < 4.78 is 24.6. The molecule has 1 aliphatic heterocycles. The number of benzene rings is 1. The highest BCUT2D eigenvalue weighted by Gasteiger charge is 2.22. The molecule has 1 heterocycles. The third-order valence-electron chi connectivity index (χ3n) is 3.60. The first-order valence-electron chi connectivity index (χ1n) is 6.64. The minimum absolute atomic E-state index is 0.292. The van der Waals surface area contributed by atoms with Crippen molar-refractivity contribution in [1.29, 1.82) is 0 Å². The lowest BCUT2D eigenvalue weighted by molar-refractivity contribution is 0.401. The van der Waals surface area contributed by atoms with E-state index < -0.39 is 9.84 Å². The topological polar surface area (TPSA) is 46.2 Å². The summed E-state index contributed by atoms with van der Waals surface area (Å²) in [6.45, 7) is 3.95. The highest BCUT2D eigenvalue weighted by molar-refractivity contribution is 7.91. The Bertz CT molecular complexity index is 473. The highest BCUT2D eigenvalue weighted by Crippen LogP contribution is 2.20. The Hall–Kier alpha value is -0.870. The lowest BCUT2D eigenvalue weighted by Crippen LogP contribution is -2.31. The van der Waals surface area contributed by atoms with Crippen LogP contribution in [0.15, 0.2) is 29.2 Å². The average molecular weight is 267 g/mol. The molecule has 0 saturated carbocycles. The molecule has 0 radical (unpaired) electrons. The van der Waals surface area contributed by atoms with E-state index in [2.05, 4.69) is 12.2 Å². The Balaban J connectivity index is 2.08. The van der Waals surface area contributed by atoms with Crippen LogP contribution in [0.4, 0.5) is 0 Å². The van der Waals surface area contributed by atoms with Gasteiger partial charge in [0.2, 0.25) is 0 Å². The van der Waals surface area contributed by atoms with E-state index in [0.29, 0.717) is 16.6 Å². The van der Waals surface area contributed by atoms with Crippen LogP contribution in [0.2, 0.25) is 0 Å². The SMILES string of the molecule is CCc1ccc(S(=O)(=O)CC2CCNCC2)cc1. The molecule has 1 saturated heterocycles. The zero-order valence-corrected chi connectivity index (χ0v) is 11.7. The standard InChI is InChI=1S/C14H21NO2S/c1-2-12-3-5-14(6-4-12)18(16,17)11-13-7-9-15-10-8-13/h3-6,13,15H,2,7-11H2,1H3. The Labute approximate surface area is 110 Å². The lowest BCUT2D eigenvalue weighted by Gasteiger charge is -2.22. The van der Waals surface area contributed by atoms with Gasteiger partial charge in [-0.1, -0.05) is 19.1 Å². The molecule has 4 heteroatoms. The summed E-state index contributed by atoms with van der Waals surface area (Å²) in [5.41, 5.74) is 1.18. The second kappa shape index (κ2) is 5.85. The second-order valence-electron chi connectivity index (χ2n) is 4.97. The maximum atomic E-state index is 12.3. The maximum absolute atomic E-state index is 12.3. The molecule has 0 unspecified atom stereocenters. The summed E-state index contributed by atoms with van der Waals surface area (Å²) in [4.78, 5) is 0.471. The molecule has 2 rings (SSSR count). The fourth-order valence-corrected chi connectivity index (χ4v) is 4.08. The number of sulfone groups is 1. The first kappa shape index (κ1) is 13.6. The van der Waals surface area contributed by atoms with E-state index in [9.17, 15) is 8.42 Å². The number of piperidine rings is 1. The molecule has 1 N–H and O–H groups in total. The van der Waals surface area contributed by atoms with Gasteiger partial charge in [0.1, 0.15) is 0 Å². The molecule has 100 valence electrons. The quantitative estimate of drug-likeness (QED) is 0.908. The zero-order chi connectivity index (χ0) is 13.0. The number of hydrogen-bond donors (Lipinski definition) is 1. The Kier molecular flexibility index (Phi) is 4.40. The molecule has 1 aromatic rings. The minimum Gasteiger partial charge on any atom is -0.317 e.